The largest absolute Gasteiger partial charge is 0.380 e. The zero-order chi connectivity index (χ0) is 9.68. The summed E-state index contributed by atoms with van der Waals surface area (Å²) in [6.07, 6.45) is 1.68. The summed E-state index contributed by atoms with van der Waals surface area (Å²) in [6.45, 7) is 5.41. The van der Waals surface area contributed by atoms with Gasteiger partial charge in [0.15, 0.2) is 0 Å². The molecule has 1 aromatic heterocycles. The van der Waals surface area contributed by atoms with Crippen LogP contribution in [0.5, 0.6) is 0 Å². The minimum atomic E-state index is 0.240. The molecule has 0 radical (unpaired) electrons. The first kappa shape index (κ1) is 10.5. The molecule has 13 heavy (non-hydrogen) atoms. The van der Waals surface area contributed by atoms with Crippen molar-refractivity contribution in [3.8, 4) is 0 Å². The Bertz CT molecular complexity index is 251. The lowest BCUT2D eigenvalue weighted by molar-refractivity contribution is 0.118. The van der Waals surface area contributed by atoms with Gasteiger partial charge in [-0.15, -0.1) is 21.8 Å². The van der Waals surface area contributed by atoms with Gasteiger partial charge >= 0.3 is 0 Å². The third-order valence-electron chi connectivity index (χ3n) is 1.80. The van der Waals surface area contributed by atoms with Gasteiger partial charge in [0.1, 0.15) is 12.2 Å². The Hall–Kier alpha value is -0.610. The minimum Gasteiger partial charge on any atom is -0.380 e. The molecule has 4 nitrogen and oxygen atoms in total. The number of halogens is 1. The summed E-state index contributed by atoms with van der Waals surface area (Å²) in [5.41, 5.74) is 0. The van der Waals surface area contributed by atoms with Crippen molar-refractivity contribution < 1.29 is 4.74 Å². The van der Waals surface area contributed by atoms with Gasteiger partial charge in [0, 0.05) is 6.61 Å². The number of nitrogens with zero attached hydrogens (tertiary/aromatic N) is 3. The Morgan fingerprint density at radius 2 is 2.46 bits per heavy atom. The van der Waals surface area contributed by atoms with Crippen LogP contribution in [0, 0.1) is 0 Å². The van der Waals surface area contributed by atoms with Gasteiger partial charge in [-0.1, -0.05) is 0 Å². The zero-order valence-corrected chi connectivity index (χ0v) is 8.66. The fourth-order valence-electron chi connectivity index (χ4n) is 1.10. The molecule has 1 atom stereocenters. The predicted molar refractivity (Wildman–Crippen MR) is 50.8 cm³/mol. The SMILES string of the molecule is CCOCC(C)n1cnnc1CCl. The smallest absolute Gasteiger partial charge is 0.148 e. The van der Waals surface area contributed by atoms with Crippen molar-refractivity contribution in [2.75, 3.05) is 13.2 Å². The Labute approximate surface area is 82.9 Å². The average molecular weight is 204 g/mol. The van der Waals surface area contributed by atoms with Gasteiger partial charge in [-0.25, -0.2) is 0 Å². The summed E-state index contributed by atoms with van der Waals surface area (Å²) in [5.74, 6) is 1.17. The number of hydrogen-bond acceptors (Lipinski definition) is 3. The Morgan fingerprint density at radius 1 is 1.69 bits per heavy atom. The van der Waals surface area contributed by atoms with Crippen LogP contribution in [-0.4, -0.2) is 28.0 Å². The van der Waals surface area contributed by atoms with Crippen molar-refractivity contribution in [2.24, 2.45) is 0 Å². The van der Waals surface area contributed by atoms with E-state index in [9.17, 15) is 0 Å². The van der Waals surface area contributed by atoms with Crippen LogP contribution in [-0.2, 0) is 10.6 Å². The molecule has 0 amide bonds. The highest BCUT2D eigenvalue weighted by atomic mass is 35.5. The standard InChI is InChI=1S/C8H14ClN3O/c1-3-13-5-7(2)12-6-10-11-8(12)4-9/h6-7H,3-5H2,1-2H3. The lowest BCUT2D eigenvalue weighted by atomic mass is 10.3. The van der Waals surface area contributed by atoms with Crippen molar-refractivity contribution in [1.82, 2.24) is 14.8 Å². The Balaban J connectivity index is 2.59. The molecule has 0 aliphatic heterocycles. The normalized spacial score (nSPS) is 13.2. The van der Waals surface area contributed by atoms with E-state index in [0.29, 0.717) is 12.5 Å². The number of hydrogen-bond donors (Lipinski definition) is 0. The molecule has 0 N–H and O–H groups in total. The molecule has 0 bridgehead atoms. The lowest BCUT2D eigenvalue weighted by Crippen LogP contribution is -2.13. The molecule has 0 spiro atoms. The van der Waals surface area contributed by atoms with E-state index in [0.717, 1.165) is 12.4 Å². The zero-order valence-electron chi connectivity index (χ0n) is 7.90. The Morgan fingerprint density at radius 3 is 3.08 bits per heavy atom. The number of rotatable bonds is 5. The van der Waals surface area contributed by atoms with Gasteiger partial charge in [0.05, 0.1) is 18.5 Å². The number of aromatic nitrogens is 3. The summed E-state index contributed by atoms with van der Waals surface area (Å²) >= 11 is 5.69. The third kappa shape index (κ3) is 2.67. The molecule has 74 valence electrons. The molecule has 1 rings (SSSR count). The van der Waals surface area contributed by atoms with Crippen molar-refractivity contribution >= 4 is 11.6 Å². The quantitative estimate of drug-likeness (QED) is 0.683. The van der Waals surface area contributed by atoms with Crippen LogP contribution in [0.2, 0.25) is 0 Å². The molecular formula is C8H14ClN3O. The maximum absolute atomic E-state index is 5.69. The van der Waals surface area contributed by atoms with E-state index in [1.807, 2.05) is 11.5 Å². The molecule has 0 aliphatic rings. The van der Waals surface area contributed by atoms with Crippen molar-refractivity contribution in [1.29, 1.82) is 0 Å². The van der Waals surface area contributed by atoms with Gasteiger partial charge in [-0.05, 0) is 13.8 Å². The van der Waals surface area contributed by atoms with Gasteiger partial charge in [-0.3, -0.25) is 0 Å². The second-order valence-corrected chi connectivity index (χ2v) is 3.06. The molecule has 5 heteroatoms. The van der Waals surface area contributed by atoms with E-state index >= 15 is 0 Å². The summed E-state index contributed by atoms with van der Waals surface area (Å²) in [5, 5.41) is 7.68. The van der Waals surface area contributed by atoms with E-state index in [1.165, 1.54) is 0 Å². The first-order chi connectivity index (χ1) is 6.29. The topological polar surface area (TPSA) is 39.9 Å². The molecule has 0 aromatic carbocycles. The minimum absolute atomic E-state index is 0.240. The molecule has 0 fully saturated rings. The first-order valence-electron chi connectivity index (χ1n) is 4.31. The molecule has 1 unspecified atom stereocenters. The predicted octanol–water partition coefficient (Wildman–Crippen LogP) is 1.61. The van der Waals surface area contributed by atoms with Gasteiger partial charge in [0.2, 0.25) is 0 Å². The molecule has 0 saturated carbocycles. The number of alkyl halides is 1. The highest BCUT2D eigenvalue weighted by molar-refractivity contribution is 6.16. The van der Waals surface area contributed by atoms with Crippen LogP contribution in [0.4, 0.5) is 0 Å². The van der Waals surface area contributed by atoms with E-state index in [4.69, 9.17) is 16.3 Å². The van der Waals surface area contributed by atoms with Gasteiger partial charge < -0.3 is 9.30 Å². The maximum Gasteiger partial charge on any atom is 0.148 e. The highest BCUT2D eigenvalue weighted by Crippen LogP contribution is 2.09. The van der Waals surface area contributed by atoms with Crippen LogP contribution >= 0.6 is 11.6 Å². The highest BCUT2D eigenvalue weighted by Gasteiger charge is 2.09. The van der Waals surface area contributed by atoms with Crippen LogP contribution < -0.4 is 0 Å². The van der Waals surface area contributed by atoms with E-state index in [2.05, 4.69) is 17.1 Å². The van der Waals surface area contributed by atoms with Crippen LogP contribution in [0.3, 0.4) is 0 Å². The first-order valence-corrected chi connectivity index (χ1v) is 4.85. The second kappa shape index (κ2) is 5.19. The molecule has 1 heterocycles. The summed E-state index contributed by atoms with van der Waals surface area (Å²) in [7, 11) is 0. The summed E-state index contributed by atoms with van der Waals surface area (Å²) in [6, 6.07) is 0.240. The lowest BCUT2D eigenvalue weighted by Gasteiger charge is -2.13. The van der Waals surface area contributed by atoms with Crippen LogP contribution in [0.25, 0.3) is 0 Å². The fourth-order valence-corrected chi connectivity index (χ4v) is 1.29. The Kier molecular flexibility index (Phi) is 4.18. The molecule has 1 aromatic rings. The van der Waals surface area contributed by atoms with Crippen LogP contribution in [0.15, 0.2) is 6.33 Å². The fraction of sp³-hybridized carbons (Fsp3) is 0.750. The second-order valence-electron chi connectivity index (χ2n) is 2.80. The maximum atomic E-state index is 5.69. The van der Waals surface area contributed by atoms with E-state index < -0.39 is 0 Å². The molecular weight excluding hydrogens is 190 g/mol. The van der Waals surface area contributed by atoms with Crippen molar-refractivity contribution in [3.05, 3.63) is 12.2 Å². The molecule has 0 aliphatic carbocycles. The van der Waals surface area contributed by atoms with Gasteiger partial charge in [0.25, 0.3) is 0 Å². The third-order valence-corrected chi connectivity index (χ3v) is 2.04. The van der Waals surface area contributed by atoms with Gasteiger partial charge in [-0.2, -0.15) is 0 Å². The van der Waals surface area contributed by atoms with Crippen molar-refractivity contribution in [3.63, 3.8) is 0 Å². The number of ether oxygens (including phenoxy) is 1. The monoisotopic (exact) mass is 203 g/mol. The summed E-state index contributed by atoms with van der Waals surface area (Å²) < 4.78 is 7.23. The molecule has 0 saturated heterocycles. The van der Waals surface area contributed by atoms with Crippen LogP contribution in [0.1, 0.15) is 25.7 Å². The van der Waals surface area contributed by atoms with E-state index in [-0.39, 0.29) is 6.04 Å². The average Bonchev–Trinajstić information content (AvgIpc) is 2.61. The van der Waals surface area contributed by atoms with Crippen molar-refractivity contribution in [2.45, 2.75) is 25.8 Å². The van der Waals surface area contributed by atoms with E-state index in [1.54, 1.807) is 6.33 Å². The summed E-state index contributed by atoms with van der Waals surface area (Å²) in [4.78, 5) is 0.